The standard InChI is InChI=1S/C13H16O/c1-13(14)8-10-6-2-4-9-5-3-7-11(13)12(9)10/h3,5,7,10,14H,2,4,6,8H2,1H3. The summed E-state index contributed by atoms with van der Waals surface area (Å²) in [5, 5.41) is 10.3. The highest BCUT2D eigenvalue weighted by Crippen LogP contribution is 2.49. The number of aliphatic hydroxyl groups is 1. The molecule has 1 aromatic carbocycles. The third-order valence-electron chi connectivity index (χ3n) is 3.83. The van der Waals surface area contributed by atoms with Crippen LogP contribution in [0.25, 0.3) is 0 Å². The summed E-state index contributed by atoms with van der Waals surface area (Å²) >= 11 is 0. The molecule has 0 saturated heterocycles. The molecular formula is C13H16O. The summed E-state index contributed by atoms with van der Waals surface area (Å²) in [4.78, 5) is 0. The average molecular weight is 188 g/mol. The van der Waals surface area contributed by atoms with E-state index in [1.807, 2.05) is 6.92 Å². The molecule has 0 fully saturated rings. The van der Waals surface area contributed by atoms with E-state index in [-0.39, 0.29) is 0 Å². The van der Waals surface area contributed by atoms with E-state index in [0.717, 1.165) is 6.42 Å². The third-order valence-corrected chi connectivity index (χ3v) is 3.83. The molecule has 2 unspecified atom stereocenters. The largest absolute Gasteiger partial charge is 0.385 e. The SMILES string of the molecule is CC1(O)CC2CCCc3cccc1c32. The summed E-state index contributed by atoms with van der Waals surface area (Å²) in [6.45, 7) is 1.96. The molecule has 0 heterocycles. The average Bonchev–Trinajstić information content (AvgIpc) is 2.41. The van der Waals surface area contributed by atoms with Gasteiger partial charge in [-0.1, -0.05) is 18.2 Å². The molecular weight excluding hydrogens is 172 g/mol. The van der Waals surface area contributed by atoms with Crippen LogP contribution in [0.2, 0.25) is 0 Å². The van der Waals surface area contributed by atoms with Gasteiger partial charge in [-0.2, -0.15) is 0 Å². The van der Waals surface area contributed by atoms with E-state index in [1.165, 1.54) is 36.0 Å². The Bertz CT molecular complexity index is 379. The van der Waals surface area contributed by atoms with Crippen molar-refractivity contribution in [3.8, 4) is 0 Å². The number of hydrogen-bond acceptors (Lipinski definition) is 1. The normalized spacial score (nSPS) is 34.3. The van der Waals surface area contributed by atoms with Gasteiger partial charge in [0.2, 0.25) is 0 Å². The van der Waals surface area contributed by atoms with Crippen LogP contribution in [0.5, 0.6) is 0 Å². The lowest BCUT2D eigenvalue weighted by Gasteiger charge is -2.20. The fourth-order valence-corrected chi connectivity index (χ4v) is 3.26. The summed E-state index contributed by atoms with van der Waals surface area (Å²) in [6, 6.07) is 6.42. The maximum absolute atomic E-state index is 10.3. The van der Waals surface area contributed by atoms with E-state index in [0.29, 0.717) is 5.92 Å². The summed E-state index contributed by atoms with van der Waals surface area (Å²) in [5.41, 5.74) is 3.58. The van der Waals surface area contributed by atoms with Gasteiger partial charge in [-0.15, -0.1) is 0 Å². The molecule has 1 N–H and O–H groups in total. The van der Waals surface area contributed by atoms with Gasteiger partial charge in [0, 0.05) is 0 Å². The lowest BCUT2D eigenvalue weighted by atomic mass is 9.84. The second kappa shape index (κ2) is 2.60. The van der Waals surface area contributed by atoms with Crippen molar-refractivity contribution in [1.82, 2.24) is 0 Å². The Hall–Kier alpha value is -0.820. The smallest absolute Gasteiger partial charge is 0.0877 e. The highest BCUT2D eigenvalue weighted by Gasteiger charge is 2.40. The number of rotatable bonds is 0. The van der Waals surface area contributed by atoms with Gasteiger partial charge in [0.15, 0.2) is 0 Å². The number of aryl methyl sites for hydroxylation is 1. The van der Waals surface area contributed by atoms with Gasteiger partial charge >= 0.3 is 0 Å². The Labute approximate surface area is 84.8 Å². The predicted octanol–water partition coefficient (Wildman–Crippen LogP) is 2.72. The van der Waals surface area contributed by atoms with Crippen LogP contribution in [0.1, 0.15) is 48.8 Å². The van der Waals surface area contributed by atoms with Crippen LogP contribution in [0.3, 0.4) is 0 Å². The van der Waals surface area contributed by atoms with Crippen LogP contribution in [-0.2, 0) is 12.0 Å². The van der Waals surface area contributed by atoms with Crippen molar-refractivity contribution in [3.05, 3.63) is 34.9 Å². The third kappa shape index (κ3) is 0.992. The van der Waals surface area contributed by atoms with Gasteiger partial charge < -0.3 is 5.11 Å². The number of hydrogen-bond donors (Lipinski definition) is 1. The van der Waals surface area contributed by atoms with Crippen molar-refractivity contribution in [1.29, 1.82) is 0 Å². The second-order valence-corrected chi connectivity index (χ2v) is 4.95. The van der Waals surface area contributed by atoms with Gasteiger partial charge in [0.25, 0.3) is 0 Å². The zero-order chi connectivity index (χ0) is 9.76. The van der Waals surface area contributed by atoms with Gasteiger partial charge in [-0.25, -0.2) is 0 Å². The maximum Gasteiger partial charge on any atom is 0.0877 e. The van der Waals surface area contributed by atoms with E-state index in [1.54, 1.807) is 0 Å². The lowest BCUT2D eigenvalue weighted by Crippen LogP contribution is -2.16. The Balaban J connectivity index is 2.25. The van der Waals surface area contributed by atoms with Crippen molar-refractivity contribution in [2.45, 2.75) is 44.1 Å². The molecule has 0 amide bonds. The van der Waals surface area contributed by atoms with Crippen molar-refractivity contribution in [3.63, 3.8) is 0 Å². The number of benzene rings is 1. The quantitative estimate of drug-likeness (QED) is 0.663. The molecule has 2 aliphatic rings. The summed E-state index contributed by atoms with van der Waals surface area (Å²) in [6.07, 6.45) is 4.69. The first kappa shape index (κ1) is 8.49. The Morgan fingerprint density at radius 2 is 2.29 bits per heavy atom. The fourth-order valence-electron chi connectivity index (χ4n) is 3.26. The second-order valence-electron chi connectivity index (χ2n) is 4.95. The fraction of sp³-hybridized carbons (Fsp3) is 0.538. The van der Waals surface area contributed by atoms with Gasteiger partial charge in [0.1, 0.15) is 0 Å². The monoisotopic (exact) mass is 188 g/mol. The van der Waals surface area contributed by atoms with Gasteiger partial charge in [-0.05, 0) is 55.2 Å². The van der Waals surface area contributed by atoms with Crippen molar-refractivity contribution >= 4 is 0 Å². The Kier molecular flexibility index (Phi) is 1.58. The highest BCUT2D eigenvalue weighted by molar-refractivity contribution is 5.46. The molecule has 0 bridgehead atoms. The van der Waals surface area contributed by atoms with Gasteiger partial charge in [0.05, 0.1) is 5.60 Å². The van der Waals surface area contributed by atoms with Crippen LogP contribution in [0, 0.1) is 0 Å². The molecule has 74 valence electrons. The van der Waals surface area contributed by atoms with Crippen molar-refractivity contribution in [2.75, 3.05) is 0 Å². The molecule has 2 atom stereocenters. The molecule has 0 saturated carbocycles. The van der Waals surface area contributed by atoms with Gasteiger partial charge in [-0.3, -0.25) is 0 Å². The first-order chi connectivity index (χ1) is 6.68. The molecule has 1 aromatic rings. The first-order valence-corrected chi connectivity index (χ1v) is 5.53. The summed E-state index contributed by atoms with van der Waals surface area (Å²) < 4.78 is 0. The Morgan fingerprint density at radius 1 is 1.43 bits per heavy atom. The molecule has 14 heavy (non-hydrogen) atoms. The molecule has 0 aliphatic heterocycles. The van der Waals surface area contributed by atoms with Crippen LogP contribution < -0.4 is 0 Å². The maximum atomic E-state index is 10.3. The van der Waals surface area contributed by atoms with E-state index < -0.39 is 5.60 Å². The van der Waals surface area contributed by atoms with E-state index in [9.17, 15) is 5.11 Å². The molecule has 0 spiro atoms. The van der Waals surface area contributed by atoms with Crippen molar-refractivity contribution < 1.29 is 5.11 Å². The lowest BCUT2D eigenvalue weighted by molar-refractivity contribution is 0.0533. The molecule has 1 heteroatoms. The van der Waals surface area contributed by atoms with E-state index in [2.05, 4.69) is 18.2 Å². The first-order valence-electron chi connectivity index (χ1n) is 5.53. The topological polar surface area (TPSA) is 20.2 Å². The molecule has 0 aromatic heterocycles. The van der Waals surface area contributed by atoms with Crippen LogP contribution >= 0.6 is 0 Å². The van der Waals surface area contributed by atoms with Crippen LogP contribution in [0.4, 0.5) is 0 Å². The van der Waals surface area contributed by atoms with Crippen molar-refractivity contribution in [2.24, 2.45) is 0 Å². The van der Waals surface area contributed by atoms with Crippen LogP contribution in [-0.4, -0.2) is 5.11 Å². The highest BCUT2D eigenvalue weighted by atomic mass is 16.3. The zero-order valence-corrected chi connectivity index (χ0v) is 8.59. The van der Waals surface area contributed by atoms with Crippen LogP contribution in [0.15, 0.2) is 18.2 Å². The summed E-state index contributed by atoms with van der Waals surface area (Å²) in [5.74, 6) is 0.630. The van der Waals surface area contributed by atoms with E-state index >= 15 is 0 Å². The Morgan fingerprint density at radius 3 is 3.14 bits per heavy atom. The minimum absolute atomic E-state index is 0.569. The molecule has 0 radical (unpaired) electrons. The molecule has 1 nitrogen and oxygen atoms in total. The zero-order valence-electron chi connectivity index (χ0n) is 8.59. The minimum Gasteiger partial charge on any atom is -0.385 e. The molecule has 2 aliphatic carbocycles. The summed E-state index contributed by atoms with van der Waals surface area (Å²) in [7, 11) is 0. The molecule has 3 rings (SSSR count). The minimum atomic E-state index is -0.569. The predicted molar refractivity (Wildman–Crippen MR) is 56.3 cm³/mol. The van der Waals surface area contributed by atoms with E-state index in [4.69, 9.17) is 0 Å².